The number of aliphatic carboxylic acids is 1. The van der Waals surface area contributed by atoms with Gasteiger partial charge in [-0.1, -0.05) is 25.5 Å². The second-order valence-corrected chi connectivity index (χ2v) is 6.31. The summed E-state index contributed by atoms with van der Waals surface area (Å²) in [6, 6.07) is 3.37. The predicted octanol–water partition coefficient (Wildman–Crippen LogP) is 2.85. The number of carbonyl (C=O) groups is 2. The fourth-order valence-electron chi connectivity index (χ4n) is 3.04. The maximum absolute atomic E-state index is 13.9. The molecule has 1 atom stereocenters. The topological polar surface area (TPSA) is 57.6 Å². The molecule has 5 heteroatoms. The predicted molar refractivity (Wildman–Crippen MR) is 76.6 cm³/mol. The van der Waals surface area contributed by atoms with Crippen molar-refractivity contribution in [2.24, 2.45) is 5.41 Å². The van der Waals surface area contributed by atoms with Crippen LogP contribution < -0.4 is 0 Å². The molecule has 1 unspecified atom stereocenters. The Labute approximate surface area is 123 Å². The van der Waals surface area contributed by atoms with Crippen LogP contribution in [0, 0.1) is 18.2 Å². The van der Waals surface area contributed by atoms with Crippen molar-refractivity contribution in [3.05, 3.63) is 35.1 Å². The minimum atomic E-state index is -1.04. The molecule has 1 N–H and O–H groups in total. The van der Waals surface area contributed by atoms with Gasteiger partial charge in [0.15, 0.2) is 0 Å². The van der Waals surface area contributed by atoms with Crippen LogP contribution >= 0.6 is 0 Å². The molecule has 21 heavy (non-hydrogen) atoms. The number of likely N-dealkylation sites (tertiary alicyclic amines) is 1. The van der Waals surface area contributed by atoms with E-state index >= 15 is 0 Å². The van der Waals surface area contributed by atoms with Crippen LogP contribution in [-0.4, -0.2) is 34.5 Å². The number of piperidine rings is 1. The lowest BCUT2D eigenvalue weighted by Gasteiger charge is -2.44. The van der Waals surface area contributed by atoms with Crippen LogP contribution in [0.5, 0.6) is 0 Å². The van der Waals surface area contributed by atoms with E-state index < -0.39 is 29.2 Å². The van der Waals surface area contributed by atoms with Gasteiger partial charge >= 0.3 is 5.97 Å². The summed E-state index contributed by atoms with van der Waals surface area (Å²) >= 11 is 0. The highest BCUT2D eigenvalue weighted by atomic mass is 19.1. The molecule has 1 saturated heterocycles. The third kappa shape index (κ3) is 2.91. The number of aryl methyl sites for hydroxylation is 1. The monoisotopic (exact) mass is 293 g/mol. The van der Waals surface area contributed by atoms with Crippen molar-refractivity contribution in [2.75, 3.05) is 6.54 Å². The maximum Gasteiger partial charge on any atom is 0.326 e. The first-order chi connectivity index (χ1) is 9.74. The van der Waals surface area contributed by atoms with E-state index in [2.05, 4.69) is 0 Å². The summed E-state index contributed by atoms with van der Waals surface area (Å²) in [4.78, 5) is 25.5. The Morgan fingerprint density at radius 2 is 2.05 bits per heavy atom. The van der Waals surface area contributed by atoms with Gasteiger partial charge in [-0.3, -0.25) is 4.79 Å². The van der Waals surface area contributed by atoms with E-state index in [-0.39, 0.29) is 5.56 Å². The SMILES string of the molecule is Cc1ccc(F)c(C(=O)N2CCCC(C)(C)C2C(=O)O)c1. The van der Waals surface area contributed by atoms with Gasteiger partial charge in [-0.2, -0.15) is 0 Å². The summed E-state index contributed by atoms with van der Waals surface area (Å²) < 4.78 is 13.9. The third-order valence-corrected chi connectivity index (χ3v) is 4.12. The second-order valence-electron chi connectivity index (χ2n) is 6.31. The number of halogens is 1. The Balaban J connectivity index is 2.41. The van der Waals surface area contributed by atoms with E-state index in [0.717, 1.165) is 18.4 Å². The van der Waals surface area contributed by atoms with E-state index in [9.17, 15) is 19.1 Å². The normalized spacial score (nSPS) is 21.1. The van der Waals surface area contributed by atoms with E-state index in [0.29, 0.717) is 6.54 Å². The molecule has 1 heterocycles. The zero-order valence-electron chi connectivity index (χ0n) is 12.5. The highest BCUT2D eigenvalue weighted by molar-refractivity contribution is 5.97. The van der Waals surface area contributed by atoms with Crippen LogP contribution in [0.15, 0.2) is 18.2 Å². The highest BCUT2D eigenvalue weighted by Gasteiger charge is 2.45. The van der Waals surface area contributed by atoms with Gasteiger partial charge in [0.05, 0.1) is 5.56 Å². The summed E-state index contributed by atoms with van der Waals surface area (Å²) in [6.45, 7) is 5.77. The number of benzene rings is 1. The van der Waals surface area contributed by atoms with Crippen LogP contribution in [-0.2, 0) is 4.79 Å². The molecule has 1 fully saturated rings. The molecule has 0 radical (unpaired) electrons. The Morgan fingerprint density at radius 1 is 1.38 bits per heavy atom. The number of hydrogen-bond donors (Lipinski definition) is 1. The lowest BCUT2D eigenvalue weighted by Crippen LogP contribution is -2.56. The van der Waals surface area contributed by atoms with Gasteiger partial charge in [0, 0.05) is 6.54 Å². The number of hydrogen-bond acceptors (Lipinski definition) is 2. The number of amides is 1. The van der Waals surface area contributed by atoms with Gasteiger partial charge in [-0.15, -0.1) is 0 Å². The van der Waals surface area contributed by atoms with Crippen LogP contribution in [0.2, 0.25) is 0 Å². The molecule has 0 aromatic heterocycles. The van der Waals surface area contributed by atoms with E-state index in [4.69, 9.17) is 0 Å². The molecule has 0 spiro atoms. The molecule has 4 nitrogen and oxygen atoms in total. The Bertz CT molecular complexity index is 583. The molecule has 1 amide bonds. The van der Waals surface area contributed by atoms with Gasteiger partial charge in [0.2, 0.25) is 0 Å². The van der Waals surface area contributed by atoms with Crippen LogP contribution in [0.4, 0.5) is 4.39 Å². The molecule has 1 aliphatic rings. The van der Waals surface area contributed by atoms with E-state index in [1.807, 2.05) is 13.8 Å². The first-order valence-corrected chi connectivity index (χ1v) is 7.04. The summed E-state index contributed by atoms with van der Waals surface area (Å²) in [5, 5.41) is 9.48. The smallest absolute Gasteiger partial charge is 0.326 e. The van der Waals surface area contributed by atoms with Gasteiger partial charge in [-0.05, 0) is 37.3 Å². The van der Waals surface area contributed by atoms with Crippen molar-refractivity contribution in [2.45, 2.75) is 39.7 Å². The molecule has 0 bridgehead atoms. The second kappa shape index (κ2) is 5.47. The largest absolute Gasteiger partial charge is 0.480 e. The fourth-order valence-corrected chi connectivity index (χ4v) is 3.04. The molecular weight excluding hydrogens is 273 g/mol. The Hall–Kier alpha value is -1.91. The van der Waals surface area contributed by atoms with E-state index in [1.165, 1.54) is 17.0 Å². The number of carbonyl (C=O) groups excluding carboxylic acids is 1. The average Bonchev–Trinajstić information content (AvgIpc) is 2.38. The summed E-state index contributed by atoms with van der Waals surface area (Å²) in [5.74, 6) is -2.20. The molecule has 1 aromatic rings. The lowest BCUT2D eigenvalue weighted by molar-refractivity contribution is -0.148. The van der Waals surface area contributed by atoms with Crippen LogP contribution in [0.1, 0.15) is 42.6 Å². The molecule has 1 aliphatic heterocycles. The van der Waals surface area contributed by atoms with Gasteiger partial charge in [0.25, 0.3) is 5.91 Å². The lowest BCUT2D eigenvalue weighted by atomic mass is 9.76. The molecule has 1 aromatic carbocycles. The first-order valence-electron chi connectivity index (χ1n) is 7.04. The summed E-state index contributed by atoms with van der Waals surface area (Å²) in [7, 11) is 0. The minimum Gasteiger partial charge on any atom is -0.480 e. The van der Waals surface area contributed by atoms with Crippen molar-refractivity contribution in [3.8, 4) is 0 Å². The number of nitrogens with zero attached hydrogens (tertiary/aromatic N) is 1. The Kier molecular flexibility index (Phi) is 4.03. The molecule has 114 valence electrons. The van der Waals surface area contributed by atoms with Gasteiger partial charge < -0.3 is 10.0 Å². The van der Waals surface area contributed by atoms with Crippen molar-refractivity contribution in [3.63, 3.8) is 0 Å². The zero-order valence-corrected chi connectivity index (χ0v) is 12.5. The first kappa shape index (κ1) is 15.5. The van der Waals surface area contributed by atoms with Gasteiger partial charge in [-0.25, -0.2) is 9.18 Å². The Morgan fingerprint density at radius 3 is 2.67 bits per heavy atom. The number of carboxylic acid groups (broad SMARTS) is 1. The third-order valence-electron chi connectivity index (χ3n) is 4.12. The van der Waals surface area contributed by atoms with Crippen molar-refractivity contribution in [1.29, 1.82) is 0 Å². The quantitative estimate of drug-likeness (QED) is 0.912. The molecule has 0 saturated carbocycles. The minimum absolute atomic E-state index is 0.0565. The number of rotatable bonds is 2. The highest BCUT2D eigenvalue weighted by Crippen LogP contribution is 2.36. The molecular formula is C16H20FNO3. The zero-order chi connectivity index (χ0) is 15.8. The van der Waals surface area contributed by atoms with Crippen LogP contribution in [0.3, 0.4) is 0 Å². The molecule has 2 rings (SSSR count). The molecule has 0 aliphatic carbocycles. The van der Waals surface area contributed by atoms with Gasteiger partial charge in [0.1, 0.15) is 11.9 Å². The average molecular weight is 293 g/mol. The van der Waals surface area contributed by atoms with Crippen LogP contribution in [0.25, 0.3) is 0 Å². The van der Waals surface area contributed by atoms with Crippen molar-refractivity contribution in [1.82, 2.24) is 4.90 Å². The fraction of sp³-hybridized carbons (Fsp3) is 0.500. The standard InChI is InChI=1S/C16H20FNO3/c1-10-5-6-12(17)11(9-10)14(19)18-8-4-7-16(2,3)13(18)15(20)21/h5-6,9,13H,4,7-8H2,1-3H3,(H,20,21). The summed E-state index contributed by atoms with van der Waals surface area (Å²) in [6.07, 6.45) is 1.44. The van der Waals surface area contributed by atoms with Crippen molar-refractivity contribution < 1.29 is 19.1 Å². The maximum atomic E-state index is 13.9. The van der Waals surface area contributed by atoms with Crippen molar-refractivity contribution >= 4 is 11.9 Å². The summed E-state index contributed by atoms with van der Waals surface area (Å²) in [5.41, 5.74) is 0.182. The number of carboxylic acids is 1. The van der Waals surface area contributed by atoms with E-state index in [1.54, 1.807) is 13.0 Å².